The number of amides is 1. The molecular weight excluding hydrogens is 377 g/mol. The molecule has 3 rings (SSSR count). The summed E-state index contributed by atoms with van der Waals surface area (Å²) in [6.07, 6.45) is -4.54. The van der Waals surface area contributed by atoms with E-state index in [1.54, 1.807) is 5.32 Å². The van der Waals surface area contributed by atoms with E-state index in [9.17, 15) is 31.5 Å². The molecule has 1 N–H and O–H groups in total. The Morgan fingerprint density at radius 3 is 2.42 bits per heavy atom. The molecule has 0 spiro atoms. The summed E-state index contributed by atoms with van der Waals surface area (Å²) in [6, 6.07) is 5.37. The van der Waals surface area contributed by atoms with Gasteiger partial charge in [-0.05, 0) is 36.2 Å². The molecule has 26 heavy (non-hydrogen) atoms. The molecule has 2 aromatic carbocycles. The molecule has 0 heterocycles. The van der Waals surface area contributed by atoms with Crippen LogP contribution in [-0.2, 0) is 11.2 Å². The van der Waals surface area contributed by atoms with Crippen LogP contribution >= 0.6 is 11.8 Å². The molecule has 1 aliphatic carbocycles. The highest BCUT2D eigenvalue weighted by molar-refractivity contribution is 7.99. The lowest BCUT2D eigenvalue weighted by Gasteiger charge is -2.14. The van der Waals surface area contributed by atoms with Crippen molar-refractivity contribution in [1.29, 1.82) is 0 Å². The van der Waals surface area contributed by atoms with Crippen LogP contribution in [0.4, 0.5) is 27.6 Å². The van der Waals surface area contributed by atoms with Crippen LogP contribution in [0.25, 0.3) is 0 Å². The number of Topliss-reactive ketones (excluding diaryl/α,β-unsaturated/α-hetero) is 1. The predicted molar refractivity (Wildman–Crippen MR) is 84.3 cm³/mol. The van der Waals surface area contributed by atoms with Crippen molar-refractivity contribution in [3.05, 3.63) is 53.1 Å². The Morgan fingerprint density at radius 2 is 1.77 bits per heavy atom. The number of carbonyl (C=O) groups excluding carboxylic acids is 2. The predicted octanol–water partition coefficient (Wildman–Crippen LogP) is 4.75. The molecule has 2 aromatic rings. The number of rotatable bonds is 3. The van der Waals surface area contributed by atoms with Gasteiger partial charge in [-0.15, -0.1) is 0 Å². The average molecular weight is 387 g/mol. The molecule has 0 saturated heterocycles. The van der Waals surface area contributed by atoms with Gasteiger partial charge in [0.25, 0.3) is 0 Å². The number of hydrogen-bond donors (Lipinski definition) is 1. The molecule has 0 radical (unpaired) electrons. The molecule has 136 valence electrons. The van der Waals surface area contributed by atoms with Crippen LogP contribution in [0.2, 0.25) is 0 Å². The summed E-state index contributed by atoms with van der Waals surface area (Å²) in [7, 11) is 0. The molecule has 0 saturated carbocycles. The van der Waals surface area contributed by atoms with Crippen molar-refractivity contribution in [3.8, 4) is 0 Å². The summed E-state index contributed by atoms with van der Waals surface area (Å²) in [5.74, 6) is -4.07. The summed E-state index contributed by atoms with van der Waals surface area (Å²) in [5, 5.41) is 1.75. The van der Waals surface area contributed by atoms with E-state index in [1.165, 1.54) is 12.1 Å². The van der Waals surface area contributed by atoms with E-state index in [0.717, 1.165) is 12.1 Å². The zero-order chi connectivity index (χ0) is 19.1. The standard InChI is InChI=1S/C17H10F5NO2S/c18-9-2-4-14(11(19)6-9)26-15-7-10-8(1-3-13(10)24)5-12(15)23-16(25)17(20,21)22/h2,4-7H,1,3H2,(H,23,25). The monoisotopic (exact) mass is 387 g/mol. The van der Waals surface area contributed by atoms with Crippen LogP contribution < -0.4 is 5.32 Å². The first kappa shape index (κ1) is 18.4. The van der Waals surface area contributed by atoms with Gasteiger partial charge >= 0.3 is 12.1 Å². The van der Waals surface area contributed by atoms with Gasteiger partial charge in [-0.2, -0.15) is 13.2 Å². The van der Waals surface area contributed by atoms with Gasteiger partial charge in [-0.3, -0.25) is 9.59 Å². The molecule has 0 bridgehead atoms. The summed E-state index contributed by atoms with van der Waals surface area (Å²) in [5.41, 5.74) is 0.644. The van der Waals surface area contributed by atoms with Crippen molar-refractivity contribution in [1.82, 2.24) is 0 Å². The van der Waals surface area contributed by atoms with Crippen molar-refractivity contribution in [3.63, 3.8) is 0 Å². The Bertz CT molecular complexity index is 911. The molecule has 3 nitrogen and oxygen atoms in total. The van der Waals surface area contributed by atoms with Crippen molar-refractivity contribution in [2.24, 2.45) is 0 Å². The van der Waals surface area contributed by atoms with Gasteiger partial charge in [0, 0.05) is 27.8 Å². The molecular formula is C17H10F5NO2S. The summed E-state index contributed by atoms with van der Waals surface area (Å²) < 4.78 is 64.6. The van der Waals surface area contributed by atoms with E-state index < -0.39 is 23.7 Å². The van der Waals surface area contributed by atoms with Crippen LogP contribution in [0.3, 0.4) is 0 Å². The van der Waals surface area contributed by atoms with Crippen LogP contribution in [0.15, 0.2) is 40.1 Å². The summed E-state index contributed by atoms with van der Waals surface area (Å²) in [6.45, 7) is 0. The fourth-order valence-corrected chi connectivity index (χ4v) is 3.45. The summed E-state index contributed by atoms with van der Waals surface area (Å²) in [4.78, 5) is 23.2. The number of hydrogen-bond acceptors (Lipinski definition) is 3. The Balaban J connectivity index is 2.02. The third-order valence-corrected chi connectivity index (χ3v) is 4.86. The normalized spacial score (nSPS) is 13.7. The minimum Gasteiger partial charge on any atom is -0.317 e. The zero-order valence-electron chi connectivity index (χ0n) is 12.9. The Kier molecular flexibility index (Phi) is 4.74. The number of anilines is 1. The van der Waals surface area contributed by atoms with Gasteiger partial charge in [-0.1, -0.05) is 11.8 Å². The van der Waals surface area contributed by atoms with E-state index in [1.807, 2.05) is 0 Å². The lowest BCUT2D eigenvalue weighted by atomic mass is 10.1. The third kappa shape index (κ3) is 3.72. The first-order chi connectivity index (χ1) is 12.1. The molecule has 0 unspecified atom stereocenters. The van der Waals surface area contributed by atoms with Gasteiger partial charge in [0.2, 0.25) is 0 Å². The Hall–Kier alpha value is -2.42. The number of nitrogens with one attached hydrogen (secondary N) is 1. The third-order valence-electron chi connectivity index (χ3n) is 3.75. The van der Waals surface area contributed by atoms with Crippen molar-refractivity contribution >= 4 is 29.1 Å². The molecule has 0 aliphatic heterocycles. The van der Waals surface area contributed by atoms with Gasteiger partial charge in [0.05, 0.1) is 5.69 Å². The first-order valence-electron chi connectivity index (χ1n) is 7.36. The van der Waals surface area contributed by atoms with Gasteiger partial charge in [0.15, 0.2) is 5.78 Å². The number of ketones is 1. The highest BCUT2D eigenvalue weighted by atomic mass is 32.2. The fraction of sp³-hybridized carbons (Fsp3) is 0.176. The minimum absolute atomic E-state index is 0.0562. The molecule has 0 aromatic heterocycles. The van der Waals surface area contributed by atoms with Gasteiger partial charge in [-0.25, -0.2) is 8.78 Å². The number of fused-ring (bicyclic) bond motifs is 1. The van der Waals surface area contributed by atoms with E-state index in [0.29, 0.717) is 35.4 Å². The lowest BCUT2D eigenvalue weighted by Crippen LogP contribution is -2.30. The second-order valence-corrected chi connectivity index (χ2v) is 6.64. The molecule has 1 aliphatic rings. The molecule has 1 amide bonds. The van der Waals surface area contributed by atoms with E-state index in [-0.39, 0.29) is 27.7 Å². The second-order valence-electron chi connectivity index (χ2n) is 5.56. The molecule has 0 atom stereocenters. The maximum absolute atomic E-state index is 13.9. The number of carbonyl (C=O) groups is 2. The van der Waals surface area contributed by atoms with E-state index in [2.05, 4.69) is 0 Å². The fourth-order valence-electron chi connectivity index (χ4n) is 2.53. The van der Waals surface area contributed by atoms with E-state index >= 15 is 0 Å². The van der Waals surface area contributed by atoms with Crippen molar-refractivity contribution in [2.45, 2.75) is 28.8 Å². The minimum atomic E-state index is -5.10. The zero-order valence-corrected chi connectivity index (χ0v) is 13.7. The molecule has 9 heteroatoms. The van der Waals surface area contributed by atoms with Crippen molar-refractivity contribution in [2.75, 3.05) is 5.32 Å². The number of benzene rings is 2. The maximum atomic E-state index is 13.9. The van der Waals surface area contributed by atoms with Crippen LogP contribution in [-0.4, -0.2) is 17.9 Å². The van der Waals surface area contributed by atoms with Crippen LogP contribution in [0.1, 0.15) is 22.3 Å². The highest BCUT2D eigenvalue weighted by Crippen LogP contribution is 2.39. The smallest absolute Gasteiger partial charge is 0.317 e. The average Bonchev–Trinajstić information content (AvgIpc) is 2.90. The maximum Gasteiger partial charge on any atom is 0.471 e. The van der Waals surface area contributed by atoms with Crippen LogP contribution in [0, 0.1) is 11.6 Å². The van der Waals surface area contributed by atoms with Crippen molar-refractivity contribution < 1.29 is 31.5 Å². The SMILES string of the molecule is O=C1CCc2cc(NC(=O)C(F)(F)F)c(Sc3ccc(F)cc3F)cc21. The number of aryl methyl sites for hydroxylation is 1. The van der Waals surface area contributed by atoms with Gasteiger partial charge in [0.1, 0.15) is 11.6 Å². The first-order valence-corrected chi connectivity index (χ1v) is 8.18. The second kappa shape index (κ2) is 6.71. The number of halogens is 5. The Labute approximate surface area is 148 Å². The van der Waals surface area contributed by atoms with Crippen LogP contribution in [0.5, 0.6) is 0 Å². The lowest BCUT2D eigenvalue weighted by molar-refractivity contribution is -0.167. The topological polar surface area (TPSA) is 46.2 Å². The Morgan fingerprint density at radius 1 is 1.04 bits per heavy atom. The largest absolute Gasteiger partial charge is 0.471 e. The van der Waals surface area contributed by atoms with E-state index in [4.69, 9.17) is 0 Å². The highest BCUT2D eigenvalue weighted by Gasteiger charge is 2.39. The number of alkyl halides is 3. The summed E-state index contributed by atoms with van der Waals surface area (Å²) >= 11 is 0.694. The quantitative estimate of drug-likeness (QED) is 0.774. The van der Waals surface area contributed by atoms with Gasteiger partial charge < -0.3 is 5.32 Å². The molecule has 0 fully saturated rings.